The molecule has 0 unspecified atom stereocenters. The minimum atomic E-state index is -0.427. The summed E-state index contributed by atoms with van der Waals surface area (Å²) in [5.41, 5.74) is -0.427. The van der Waals surface area contributed by atoms with E-state index in [0.717, 1.165) is 5.76 Å². The van der Waals surface area contributed by atoms with Crippen molar-refractivity contribution in [2.24, 2.45) is 0 Å². The summed E-state index contributed by atoms with van der Waals surface area (Å²) in [6, 6.07) is 3.66. The largest absolute Gasteiger partial charge is 0.468 e. The molecule has 0 radical (unpaired) electrons. The van der Waals surface area contributed by atoms with Crippen molar-refractivity contribution < 1.29 is 13.9 Å². The van der Waals surface area contributed by atoms with Gasteiger partial charge in [-0.15, -0.1) is 0 Å². The van der Waals surface area contributed by atoms with Crippen LogP contribution in [0.15, 0.2) is 22.8 Å². The van der Waals surface area contributed by atoms with Crippen LogP contribution in [0.4, 0.5) is 0 Å². The zero-order chi connectivity index (χ0) is 11.3. The Labute approximate surface area is 89.6 Å². The van der Waals surface area contributed by atoms with Gasteiger partial charge in [0.25, 0.3) is 0 Å². The van der Waals surface area contributed by atoms with Crippen LogP contribution in [0.2, 0.25) is 0 Å². The minimum absolute atomic E-state index is 0.192. The molecule has 0 spiro atoms. The van der Waals surface area contributed by atoms with Gasteiger partial charge in [0.2, 0.25) is 0 Å². The summed E-state index contributed by atoms with van der Waals surface area (Å²) >= 11 is 0. The van der Waals surface area contributed by atoms with Crippen LogP contribution in [0.3, 0.4) is 0 Å². The van der Waals surface area contributed by atoms with E-state index in [9.17, 15) is 4.79 Å². The molecular weight excluding hydrogens is 194 g/mol. The lowest BCUT2D eigenvalue weighted by Gasteiger charge is -2.19. The zero-order valence-electron chi connectivity index (χ0n) is 9.37. The van der Waals surface area contributed by atoms with E-state index in [0.29, 0.717) is 6.54 Å². The molecule has 4 nitrogen and oxygen atoms in total. The highest BCUT2D eigenvalue weighted by Crippen LogP contribution is 2.06. The smallest absolute Gasteiger partial charge is 0.320 e. The van der Waals surface area contributed by atoms with Crippen LogP contribution < -0.4 is 5.32 Å². The van der Waals surface area contributed by atoms with E-state index in [1.165, 1.54) is 0 Å². The van der Waals surface area contributed by atoms with Crippen molar-refractivity contribution in [2.45, 2.75) is 32.9 Å². The first-order chi connectivity index (χ1) is 6.97. The van der Waals surface area contributed by atoms with Crippen molar-refractivity contribution in [1.29, 1.82) is 0 Å². The van der Waals surface area contributed by atoms with Gasteiger partial charge in [-0.05, 0) is 32.9 Å². The Morgan fingerprint density at radius 2 is 2.27 bits per heavy atom. The Balaban J connectivity index is 2.18. The highest BCUT2D eigenvalue weighted by molar-refractivity contribution is 5.72. The molecular formula is C11H17NO3. The van der Waals surface area contributed by atoms with E-state index < -0.39 is 5.60 Å². The molecule has 0 saturated heterocycles. The van der Waals surface area contributed by atoms with E-state index in [1.54, 1.807) is 6.26 Å². The average Bonchev–Trinajstić information content (AvgIpc) is 2.53. The molecule has 1 aromatic rings. The summed E-state index contributed by atoms with van der Waals surface area (Å²) in [6.45, 7) is 6.26. The molecule has 1 N–H and O–H groups in total. The lowest BCUT2D eigenvalue weighted by molar-refractivity contribution is -0.153. The predicted molar refractivity (Wildman–Crippen MR) is 56.3 cm³/mol. The van der Waals surface area contributed by atoms with Crippen molar-refractivity contribution in [1.82, 2.24) is 5.32 Å². The molecule has 0 bridgehead atoms. The SMILES string of the molecule is CC(C)(C)OC(=O)CNCc1ccco1. The van der Waals surface area contributed by atoms with Crippen LogP contribution in [0.1, 0.15) is 26.5 Å². The van der Waals surface area contributed by atoms with Crippen LogP contribution in [0, 0.1) is 0 Å². The number of rotatable bonds is 4. The second-order valence-electron chi connectivity index (χ2n) is 4.27. The predicted octanol–water partition coefficient (Wildman–Crippen LogP) is 1.71. The van der Waals surface area contributed by atoms with Gasteiger partial charge in [-0.1, -0.05) is 0 Å². The molecule has 0 aliphatic heterocycles. The maximum Gasteiger partial charge on any atom is 0.320 e. The Hall–Kier alpha value is -1.29. The van der Waals surface area contributed by atoms with Gasteiger partial charge in [0.1, 0.15) is 11.4 Å². The first kappa shape index (κ1) is 11.8. The van der Waals surface area contributed by atoms with Gasteiger partial charge in [-0.2, -0.15) is 0 Å². The maximum absolute atomic E-state index is 11.3. The third kappa shape index (κ3) is 5.22. The van der Waals surface area contributed by atoms with Crippen LogP contribution in [0.25, 0.3) is 0 Å². The molecule has 0 atom stereocenters. The topological polar surface area (TPSA) is 51.5 Å². The van der Waals surface area contributed by atoms with Gasteiger partial charge in [-0.25, -0.2) is 0 Å². The van der Waals surface area contributed by atoms with Gasteiger partial charge in [0.05, 0.1) is 19.4 Å². The summed E-state index contributed by atoms with van der Waals surface area (Å²) in [6.07, 6.45) is 1.60. The highest BCUT2D eigenvalue weighted by atomic mass is 16.6. The second-order valence-corrected chi connectivity index (χ2v) is 4.27. The quantitative estimate of drug-likeness (QED) is 0.770. The number of furan rings is 1. The second kappa shape index (κ2) is 4.98. The van der Waals surface area contributed by atoms with E-state index in [-0.39, 0.29) is 12.5 Å². The van der Waals surface area contributed by atoms with Gasteiger partial charge in [0, 0.05) is 0 Å². The van der Waals surface area contributed by atoms with Crippen LogP contribution >= 0.6 is 0 Å². The van der Waals surface area contributed by atoms with Crippen molar-refractivity contribution in [3.05, 3.63) is 24.2 Å². The van der Waals surface area contributed by atoms with Crippen LogP contribution in [0.5, 0.6) is 0 Å². The standard InChI is InChI=1S/C11H17NO3/c1-11(2,3)15-10(13)8-12-7-9-5-4-6-14-9/h4-6,12H,7-8H2,1-3H3. The van der Waals surface area contributed by atoms with E-state index in [4.69, 9.17) is 9.15 Å². The summed E-state index contributed by atoms with van der Waals surface area (Å²) in [4.78, 5) is 11.3. The number of hydrogen-bond donors (Lipinski definition) is 1. The fraction of sp³-hybridized carbons (Fsp3) is 0.545. The lowest BCUT2D eigenvalue weighted by atomic mass is 10.2. The highest BCUT2D eigenvalue weighted by Gasteiger charge is 2.15. The van der Waals surface area contributed by atoms with Crippen LogP contribution in [-0.2, 0) is 16.1 Å². The monoisotopic (exact) mass is 211 g/mol. The molecule has 1 rings (SSSR count). The molecule has 0 amide bonds. The first-order valence-corrected chi connectivity index (χ1v) is 4.92. The Morgan fingerprint density at radius 3 is 2.80 bits per heavy atom. The third-order valence-corrected chi connectivity index (χ3v) is 1.57. The Bertz CT molecular complexity index is 298. The van der Waals surface area contributed by atoms with Crippen LogP contribution in [-0.4, -0.2) is 18.1 Å². The Kier molecular flexibility index (Phi) is 3.91. The van der Waals surface area contributed by atoms with Gasteiger partial charge in [-0.3, -0.25) is 10.1 Å². The molecule has 84 valence electrons. The fourth-order valence-corrected chi connectivity index (χ4v) is 1.08. The molecule has 15 heavy (non-hydrogen) atoms. The molecule has 0 aliphatic carbocycles. The summed E-state index contributed by atoms with van der Waals surface area (Å²) in [5.74, 6) is 0.549. The molecule has 1 heterocycles. The molecule has 1 aromatic heterocycles. The normalized spacial score (nSPS) is 11.4. The molecule has 4 heteroatoms. The van der Waals surface area contributed by atoms with E-state index in [1.807, 2.05) is 32.9 Å². The van der Waals surface area contributed by atoms with E-state index in [2.05, 4.69) is 5.32 Å². The Morgan fingerprint density at radius 1 is 1.53 bits per heavy atom. The van der Waals surface area contributed by atoms with Crippen molar-refractivity contribution >= 4 is 5.97 Å². The lowest BCUT2D eigenvalue weighted by Crippen LogP contribution is -2.31. The summed E-state index contributed by atoms with van der Waals surface area (Å²) < 4.78 is 10.2. The number of carbonyl (C=O) groups is 1. The molecule has 0 aromatic carbocycles. The fourth-order valence-electron chi connectivity index (χ4n) is 1.08. The van der Waals surface area contributed by atoms with Gasteiger partial charge in [0.15, 0.2) is 0 Å². The number of hydrogen-bond acceptors (Lipinski definition) is 4. The average molecular weight is 211 g/mol. The molecule has 0 fully saturated rings. The number of ether oxygens (including phenoxy) is 1. The third-order valence-electron chi connectivity index (χ3n) is 1.57. The minimum Gasteiger partial charge on any atom is -0.468 e. The van der Waals surface area contributed by atoms with Crippen molar-refractivity contribution in [2.75, 3.05) is 6.54 Å². The van der Waals surface area contributed by atoms with Crippen molar-refractivity contribution in [3.8, 4) is 0 Å². The number of carbonyl (C=O) groups excluding carboxylic acids is 1. The zero-order valence-corrected chi connectivity index (χ0v) is 9.37. The molecule has 0 saturated carbocycles. The van der Waals surface area contributed by atoms with E-state index >= 15 is 0 Å². The number of nitrogens with one attached hydrogen (secondary N) is 1. The van der Waals surface area contributed by atoms with Gasteiger partial charge >= 0.3 is 5.97 Å². The number of esters is 1. The van der Waals surface area contributed by atoms with Crippen molar-refractivity contribution in [3.63, 3.8) is 0 Å². The van der Waals surface area contributed by atoms with Gasteiger partial charge < -0.3 is 9.15 Å². The maximum atomic E-state index is 11.3. The first-order valence-electron chi connectivity index (χ1n) is 4.92. The summed E-state index contributed by atoms with van der Waals surface area (Å²) in [7, 11) is 0. The molecule has 0 aliphatic rings. The summed E-state index contributed by atoms with van der Waals surface area (Å²) in [5, 5.41) is 2.94.